The Kier molecular flexibility index (Phi) is 7.35. The maximum absolute atomic E-state index is 6.11. The summed E-state index contributed by atoms with van der Waals surface area (Å²) < 4.78 is 5.44. The molecule has 0 fully saturated rings. The predicted octanol–water partition coefficient (Wildman–Crippen LogP) is 4.97. The number of nitrogens with one attached hydrogen (secondary N) is 2. The van der Waals surface area contributed by atoms with Gasteiger partial charge in [0.05, 0.1) is 6.61 Å². The van der Waals surface area contributed by atoms with E-state index < -0.39 is 0 Å². The SMILES string of the molecule is CCOc1ccc(CCCNC(=S)Nc2ccc(C)c(Cl)c2)cc1. The summed E-state index contributed by atoms with van der Waals surface area (Å²) in [6, 6.07) is 14.1. The number of hydrogen-bond donors (Lipinski definition) is 2. The first-order valence-electron chi connectivity index (χ1n) is 8.11. The predicted molar refractivity (Wildman–Crippen MR) is 106 cm³/mol. The van der Waals surface area contributed by atoms with Gasteiger partial charge in [0.25, 0.3) is 0 Å². The smallest absolute Gasteiger partial charge is 0.170 e. The first-order chi connectivity index (χ1) is 11.6. The average Bonchev–Trinajstić information content (AvgIpc) is 2.57. The van der Waals surface area contributed by atoms with Crippen LogP contribution in [-0.2, 0) is 6.42 Å². The molecule has 0 saturated heterocycles. The molecule has 128 valence electrons. The Morgan fingerprint density at radius 1 is 1.17 bits per heavy atom. The molecular weight excluding hydrogens is 340 g/mol. The summed E-state index contributed by atoms with van der Waals surface area (Å²) in [4.78, 5) is 0. The van der Waals surface area contributed by atoms with Crippen molar-refractivity contribution in [3.63, 3.8) is 0 Å². The molecule has 0 atom stereocenters. The highest BCUT2D eigenvalue weighted by atomic mass is 35.5. The zero-order chi connectivity index (χ0) is 17.4. The van der Waals surface area contributed by atoms with Gasteiger partial charge in [-0.15, -0.1) is 0 Å². The summed E-state index contributed by atoms with van der Waals surface area (Å²) in [5.74, 6) is 0.918. The Hall–Kier alpha value is -1.78. The fraction of sp³-hybridized carbons (Fsp3) is 0.316. The van der Waals surface area contributed by atoms with Gasteiger partial charge in [0.2, 0.25) is 0 Å². The quantitative estimate of drug-likeness (QED) is 0.538. The Morgan fingerprint density at radius 3 is 2.58 bits per heavy atom. The van der Waals surface area contributed by atoms with Crippen molar-refractivity contribution in [3.8, 4) is 5.75 Å². The van der Waals surface area contributed by atoms with Crippen LogP contribution in [0.5, 0.6) is 5.75 Å². The monoisotopic (exact) mass is 362 g/mol. The Balaban J connectivity index is 1.69. The van der Waals surface area contributed by atoms with Gasteiger partial charge in [-0.25, -0.2) is 0 Å². The summed E-state index contributed by atoms with van der Waals surface area (Å²) in [7, 11) is 0. The van der Waals surface area contributed by atoms with Gasteiger partial charge in [0.1, 0.15) is 5.75 Å². The number of rotatable bonds is 7. The highest BCUT2D eigenvalue weighted by Gasteiger charge is 2.01. The van der Waals surface area contributed by atoms with Gasteiger partial charge in [-0.3, -0.25) is 0 Å². The minimum Gasteiger partial charge on any atom is -0.494 e. The third kappa shape index (κ3) is 6.02. The normalized spacial score (nSPS) is 10.3. The molecule has 5 heteroatoms. The van der Waals surface area contributed by atoms with Crippen molar-refractivity contribution in [2.45, 2.75) is 26.7 Å². The van der Waals surface area contributed by atoms with Crippen molar-refractivity contribution < 1.29 is 4.74 Å². The van der Waals surface area contributed by atoms with E-state index >= 15 is 0 Å². The molecule has 0 heterocycles. The molecule has 0 aliphatic rings. The number of thiocarbonyl (C=S) groups is 1. The first-order valence-corrected chi connectivity index (χ1v) is 8.90. The highest BCUT2D eigenvalue weighted by molar-refractivity contribution is 7.80. The lowest BCUT2D eigenvalue weighted by molar-refractivity contribution is 0.340. The van der Waals surface area contributed by atoms with Crippen molar-refractivity contribution in [1.29, 1.82) is 0 Å². The molecule has 24 heavy (non-hydrogen) atoms. The Bertz CT molecular complexity index is 674. The van der Waals surface area contributed by atoms with Gasteiger partial charge in [-0.1, -0.05) is 29.8 Å². The number of benzene rings is 2. The standard InChI is InChI=1S/C19H23ClN2OS/c1-3-23-17-10-7-15(8-11-17)5-4-12-21-19(24)22-16-9-6-14(2)18(20)13-16/h6-11,13H,3-5,12H2,1-2H3,(H2,21,22,24). The van der Waals surface area contributed by atoms with Crippen LogP contribution >= 0.6 is 23.8 Å². The molecule has 0 saturated carbocycles. The number of anilines is 1. The van der Waals surface area contributed by atoms with E-state index in [2.05, 4.69) is 22.8 Å². The van der Waals surface area contributed by atoms with Gasteiger partial charge in [-0.05, 0) is 74.3 Å². The Labute approximate surface area is 154 Å². The van der Waals surface area contributed by atoms with E-state index in [0.29, 0.717) is 11.7 Å². The van der Waals surface area contributed by atoms with Crippen molar-refractivity contribution in [3.05, 3.63) is 58.6 Å². The molecule has 0 radical (unpaired) electrons. The van der Waals surface area contributed by atoms with E-state index in [9.17, 15) is 0 Å². The molecule has 0 aromatic heterocycles. The molecule has 2 aromatic rings. The molecule has 0 amide bonds. The number of halogens is 1. The largest absolute Gasteiger partial charge is 0.494 e. The number of aryl methyl sites for hydroxylation is 2. The third-order valence-corrected chi connectivity index (χ3v) is 4.25. The summed E-state index contributed by atoms with van der Waals surface area (Å²) >= 11 is 11.4. The zero-order valence-corrected chi connectivity index (χ0v) is 15.6. The molecule has 0 unspecified atom stereocenters. The van der Waals surface area contributed by atoms with Crippen molar-refractivity contribution in [1.82, 2.24) is 5.32 Å². The van der Waals surface area contributed by atoms with Gasteiger partial charge >= 0.3 is 0 Å². The van der Waals surface area contributed by atoms with Crippen LogP contribution in [0.4, 0.5) is 5.69 Å². The van der Waals surface area contributed by atoms with Gasteiger partial charge in [0, 0.05) is 17.3 Å². The van der Waals surface area contributed by atoms with Crippen LogP contribution in [0.25, 0.3) is 0 Å². The Morgan fingerprint density at radius 2 is 1.92 bits per heavy atom. The van der Waals surface area contributed by atoms with Crippen LogP contribution in [0.1, 0.15) is 24.5 Å². The highest BCUT2D eigenvalue weighted by Crippen LogP contribution is 2.19. The lowest BCUT2D eigenvalue weighted by Crippen LogP contribution is -2.29. The van der Waals surface area contributed by atoms with Crippen LogP contribution in [0.15, 0.2) is 42.5 Å². The topological polar surface area (TPSA) is 33.3 Å². The summed E-state index contributed by atoms with van der Waals surface area (Å²) in [6.07, 6.45) is 2.00. The fourth-order valence-corrected chi connectivity index (χ4v) is 2.66. The summed E-state index contributed by atoms with van der Waals surface area (Å²) in [5, 5.41) is 7.72. The van der Waals surface area contributed by atoms with Crippen molar-refractivity contribution in [2.24, 2.45) is 0 Å². The second-order valence-electron chi connectivity index (χ2n) is 5.53. The maximum atomic E-state index is 6.11. The molecule has 0 aliphatic heterocycles. The van der Waals surface area contributed by atoms with Crippen LogP contribution in [-0.4, -0.2) is 18.3 Å². The summed E-state index contributed by atoms with van der Waals surface area (Å²) in [6.45, 7) is 5.48. The van der Waals surface area contributed by atoms with Crippen molar-refractivity contribution >= 4 is 34.6 Å². The minimum atomic E-state index is 0.613. The molecule has 0 bridgehead atoms. The van der Waals surface area contributed by atoms with Crippen LogP contribution < -0.4 is 15.4 Å². The van der Waals surface area contributed by atoms with E-state index in [-0.39, 0.29) is 0 Å². The molecular formula is C19H23ClN2OS. The second-order valence-corrected chi connectivity index (χ2v) is 6.34. The van der Waals surface area contributed by atoms with Gasteiger partial charge < -0.3 is 15.4 Å². The average molecular weight is 363 g/mol. The molecule has 0 aliphatic carbocycles. The van der Waals surface area contributed by atoms with E-state index in [0.717, 1.165) is 41.4 Å². The number of hydrogen-bond acceptors (Lipinski definition) is 2. The molecule has 0 spiro atoms. The molecule has 2 aromatic carbocycles. The van der Waals surface area contributed by atoms with E-state index in [4.69, 9.17) is 28.6 Å². The maximum Gasteiger partial charge on any atom is 0.170 e. The van der Waals surface area contributed by atoms with Gasteiger partial charge in [0.15, 0.2) is 5.11 Å². The third-order valence-electron chi connectivity index (χ3n) is 3.59. The van der Waals surface area contributed by atoms with Gasteiger partial charge in [-0.2, -0.15) is 0 Å². The first kappa shape index (κ1) is 18.6. The lowest BCUT2D eigenvalue weighted by atomic mass is 10.1. The van der Waals surface area contributed by atoms with E-state index in [1.165, 1.54) is 5.56 Å². The number of ether oxygens (including phenoxy) is 1. The van der Waals surface area contributed by atoms with Crippen LogP contribution in [0.3, 0.4) is 0 Å². The minimum absolute atomic E-state index is 0.613. The zero-order valence-electron chi connectivity index (χ0n) is 14.1. The summed E-state index contributed by atoms with van der Waals surface area (Å²) in [5.41, 5.74) is 3.25. The fourth-order valence-electron chi connectivity index (χ4n) is 2.26. The lowest BCUT2D eigenvalue weighted by Gasteiger charge is -2.11. The van der Waals surface area contributed by atoms with E-state index in [1.807, 2.05) is 44.2 Å². The van der Waals surface area contributed by atoms with Crippen LogP contribution in [0, 0.1) is 6.92 Å². The molecule has 2 N–H and O–H groups in total. The van der Waals surface area contributed by atoms with Crippen LogP contribution in [0.2, 0.25) is 5.02 Å². The molecule has 3 nitrogen and oxygen atoms in total. The second kappa shape index (κ2) is 9.50. The molecule has 2 rings (SSSR count). The van der Waals surface area contributed by atoms with E-state index in [1.54, 1.807) is 0 Å². The van der Waals surface area contributed by atoms with Crippen molar-refractivity contribution in [2.75, 3.05) is 18.5 Å².